The van der Waals surface area contributed by atoms with Crippen LogP contribution in [0.5, 0.6) is 0 Å². The van der Waals surface area contributed by atoms with Gasteiger partial charge in [-0.2, -0.15) is 18.4 Å². The molecule has 2 fully saturated rings. The lowest BCUT2D eigenvalue weighted by Gasteiger charge is -2.35. The molecule has 2 aliphatic heterocycles. The van der Waals surface area contributed by atoms with Crippen LogP contribution in [0.4, 0.5) is 13.2 Å². The van der Waals surface area contributed by atoms with Crippen molar-refractivity contribution >= 4 is 17.7 Å². The maximum Gasteiger partial charge on any atom is 0.416 e. The van der Waals surface area contributed by atoms with E-state index in [4.69, 9.17) is 5.26 Å². The highest BCUT2D eigenvalue weighted by molar-refractivity contribution is 6.01. The molecular formula is C25H23F3N4O3. The Balaban J connectivity index is 1.38. The molecule has 3 amide bonds. The molecular weight excluding hydrogens is 461 g/mol. The Hall–Kier alpha value is -3.87. The maximum absolute atomic E-state index is 13.2. The molecule has 0 unspecified atom stereocenters. The van der Waals surface area contributed by atoms with Crippen LogP contribution in [-0.4, -0.2) is 53.2 Å². The minimum Gasteiger partial charge on any atom is -0.350 e. The number of hydrogen-bond acceptors (Lipinski definition) is 4. The lowest BCUT2D eigenvalue weighted by molar-refractivity contribution is -0.137. The van der Waals surface area contributed by atoms with Crippen LogP contribution in [0.3, 0.4) is 0 Å². The Morgan fingerprint density at radius 3 is 2.31 bits per heavy atom. The summed E-state index contributed by atoms with van der Waals surface area (Å²) in [5.74, 6) is -1.18. The molecule has 2 aliphatic rings. The number of hydrogen-bond donors (Lipinski definition) is 1. The number of carbonyl (C=O) groups excluding carboxylic acids is 3. The number of rotatable bonds is 5. The van der Waals surface area contributed by atoms with Gasteiger partial charge >= 0.3 is 6.18 Å². The molecule has 1 N–H and O–H groups in total. The highest BCUT2D eigenvalue weighted by Crippen LogP contribution is 2.29. The van der Waals surface area contributed by atoms with Crippen molar-refractivity contribution in [1.82, 2.24) is 15.1 Å². The second-order valence-electron chi connectivity index (χ2n) is 8.69. The van der Waals surface area contributed by atoms with E-state index in [0.717, 1.165) is 12.1 Å². The van der Waals surface area contributed by atoms with Gasteiger partial charge in [-0.05, 0) is 48.7 Å². The van der Waals surface area contributed by atoms with Crippen LogP contribution >= 0.6 is 0 Å². The van der Waals surface area contributed by atoms with Crippen LogP contribution in [0.1, 0.15) is 44.7 Å². The number of alkyl halides is 3. The summed E-state index contributed by atoms with van der Waals surface area (Å²) in [4.78, 5) is 41.6. The van der Waals surface area contributed by atoms with Gasteiger partial charge in [-0.1, -0.05) is 18.2 Å². The Bertz CT molecular complexity index is 1170. The fraction of sp³-hybridized carbons (Fsp3) is 0.360. The summed E-state index contributed by atoms with van der Waals surface area (Å²) in [5, 5.41) is 11.6. The first-order valence-electron chi connectivity index (χ1n) is 11.2. The van der Waals surface area contributed by atoms with Crippen LogP contribution in [0.15, 0.2) is 48.5 Å². The van der Waals surface area contributed by atoms with Gasteiger partial charge in [-0.25, -0.2) is 0 Å². The van der Waals surface area contributed by atoms with Gasteiger partial charge in [0.05, 0.1) is 17.6 Å². The Kier molecular flexibility index (Phi) is 6.78. The van der Waals surface area contributed by atoms with Crippen LogP contribution in [0.25, 0.3) is 0 Å². The van der Waals surface area contributed by atoms with Crippen molar-refractivity contribution in [3.05, 3.63) is 70.8 Å². The summed E-state index contributed by atoms with van der Waals surface area (Å²) < 4.78 is 38.2. The summed E-state index contributed by atoms with van der Waals surface area (Å²) in [5.41, 5.74) is 0.378. The summed E-state index contributed by atoms with van der Waals surface area (Å²) >= 11 is 0. The smallest absolute Gasteiger partial charge is 0.350 e. The van der Waals surface area contributed by atoms with E-state index in [1.807, 2.05) is 0 Å². The minimum atomic E-state index is -4.43. The quantitative estimate of drug-likeness (QED) is 0.705. The van der Waals surface area contributed by atoms with Crippen molar-refractivity contribution in [3.8, 4) is 6.07 Å². The topological polar surface area (TPSA) is 93.5 Å². The zero-order valence-electron chi connectivity index (χ0n) is 18.7. The third-order valence-electron chi connectivity index (χ3n) is 6.27. The maximum atomic E-state index is 13.2. The number of nitrogens with zero attached hydrogens (tertiary/aromatic N) is 3. The second kappa shape index (κ2) is 9.78. The fourth-order valence-corrected chi connectivity index (χ4v) is 4.26. The van der Waals surface area contributed by atoms with Gasteiger partial charge in [0.1, 0.15) is 6.04 Å². The second-order valence-corrected chi connectivity index (χ2v) is 8.69. The van der Waals surface area contributed by atoms with Gasteiger partial charge in [0.25, 0.3) is 11.8 Å². The minimum absolute atomic E-state index is 0.0407. The summed E-state index contributed by atoms with van der Waals surface area (Å²) in [6, 6.07) is 12.2. The molecule has 35 heavy (non-hydrogen) atoms. The van der Waals surface area contributed by atoms with Gasteiger partial charge in [0, 0.05) is 37.3 Å². The molecule has 4 rings (SSSR count). The molecule has 7 nitrogen and oxygen atoms in total. The molecule has 1 atom stereocenters. The van der Waals surface area contributed by atoms with E-state index >= 15 is 0 Å². The van der Waals surface area contributed by atoms with E-state index in [2.05, 4.69) is 11.4 Å². The largest absolute Gasteiger partial charge is 0.416 e. The van der Waals surface area contributed by atoms with Crippen molar-refractivity contribution in [3.63, 3.8) is 0 Å². The van der Waals surface area contributed by atoms with Crippen LogP contribution in [0.2, 0.25) is 0 Å². The van der Waals surface area contributed by atoms with Gasteiger partial charge < -0.3 is 15.1 Å². The number of halogens is 3. The number of carbonyl (C=O) groups is 3. The van der Waals surface area contributed by atoms with Crippen molar-refractivity contribution in [2.45, 2.75) is 31.6 Å². The SMILES string of the molecule is N#CC1CN(C(=O)c2cccc(C(=O)N3CCC[C@@H]3C(=O)NCc3ccc(C(F)(F)F)cc3)c2)C1. The first-order valence-corrected chi connectivity index (χ1v) is 11.2. The number of benzene rings is 2. The molecule has 0 spiro atoms. The molecule has 2 aromatic rings. The molecule has 0 radical (unpaired) electrons. The van der Waals surface area contributed by atoms with E-state index in [9.17, 15) is 27.6 Å². The highest BCUT2D eigenvalue weighted by Gasteiger charge is 2.35. The Morgan fingerprint density at radius 2 is 1.69 bits per heavy atom. The first-order chi connectivity index (χ1) is 16.7. The molecule has 2 heterocycles. The van der Waals surface area contributed by atoms with Gasteiger partial charge in [-0.3, -0.25) is 14.4 Å². The third kappa shape index (κ3) is 5.29. The zero-order valence-corrected chi connectivity index (χ0v) is 18.7. The summed E-state index contributed by atoms with van der Waals surface area (Å²) in [7, 11) is 0. The molecule has 0 bridgehead atoms. The number of amides is 3. The van der Waals surface area contributed by atoms with Crippen LogP contribution < -0.4 is 5.32 Å². The Morgan fingerprint density at radius 1 is 1.03 bits per heavy atom. The number of nitrogens with one attached hydrogen (secondary N) is 1. The van der Waals surface area contributed by atoms with Gasteiger partial charge in [0.2, 0.25) is 5.91 Å². The standard InChI is InChI=1S/C25H23F3N4O3/c26-25(27,28)20-8-6-16(7-9-20)13-30-22(33)21-5-2-10-32(21)24(35)19-4-1-3-18(11-19)23(34)31-14-17(12-29)15-31/h1,3-4,6-9,11,17,21H,2,5,10,13-15H2,(H,30,33)/t21-/m1/s1. The molecule has 2 saturated heterocycles. The van der Waals surface area contributed by atoms with E-state index in [1.165, 1.54) is 23.1 Å². The van der Waals surface area contributed by atoms with Crippen molar-refractivity contribution in [2.75, 3.05) is 19.6 Å². The van der Waals surface area contributed by atoms with Crippen LogP contribution in [-0.2, 0) is 17.5 Å². The molecule has 0 aliphatic carbocycles. The predicted molar refractivity (Wildman–Crippen MR) is 119 cm³/mol. The highest BCUT2D eigenvalue weighted by atomic mass is 19.4. The average Bonchev–Trinajstić information content (AvgIpc) is 3.31. The molecule has 10 heteroatoms. The summed E-state index contributed by atoms with van der Waals surface area (Å²) in [6.07, 6.45) is -3.33. The predicted octanol–water partition coefficient (Wildman–Crippen LogP) is 3.22. The van der Waals surface area contributed by atoms with Crippen molar-refractivity contribution in [1.29, 1.82) is 5.26 Å². The molecule has 0 saturated carbocycles. The Labute approximate surface area is 200 Å². The van der Waals surface area contributed by atoms with Crippen molar-refractivity contribution < 1.29 is 27.6 Å². The molecule has 2 aromatic carbocycles. The average molecular weight is 484 g/mol. The molecule has 0 aromatic heterocycles. The lowest BCUT2D eigenvalue weighted by atomic mass is 10.00. The zero-order chi connectivity index (χ0) is 25.2. The van der Waals surface area contributed by atoms with E-state index in [1.54, 1.807) is 23.1 Å². The lowest BCUT2D eigenvalue weighted by Crippen LogP contribution is -2.49. The first kappa shape index (κ1) is 24.3. The van der Waals surface area contributed by atoms with E-state index in [0.29, 0.717) is 43.6 Å². The van der Waals surface area contributed by atoms with Crippen LogP contribution in [0, 0.1) is 17.2 Å². The number of nitriles is 1. The monoisotopic (exact) mass is 484 g/mol. The van der Waals surface area contributed by atoms with Gasteiger partial charge in [0.15, 0.2) is 0 Å². The number of likely N-dealkylation sites (tertiary alicyclic amines) is 2. The third-order valence-corrected chi connectivity index (χ3v) is 6.27. The van der Waals surface area contributed by atoms with E-state index in [-0.39, 0.29) is 35.7 Å². The van der Waals surface area contributed by atoms with Gasteiger partial charge in [-0.15, -0.1) is 0 Å². The fourth-order valence-electron chi connectivity index (χ4n) is 4.26. The normalized spacial score (nSPS) is 18.1. The summed E-state index contributed by atoms with van der Waals surface area (Å²) in [6.45, 7) is 1.14. The molecule has 182 valence electrons. The van der Waals surface area contributed by atoms with E-state index < -0.39 is 17.8 Å². The van der Waals surface area contributed by atoms with Crippen molar-refractivity contribution in [2.24, 2.45) is 5.92 Å².